The van der Waals surface area contributed by atoms with Gasteiger partial charge in [-0.15, -0.1) is 0 Å². The third kappa shape index (κ3) is 5.14. The lowest BCUT2D eigenvalue weighted by molar-refractivity contribution is -0.0500. The highest BCUT2D eigenvalue weighted by Crippen LogP contribution is 2.39. The Labute approximate surface area is 184 Å². The second-order valence-electron chi connectivity index (χ2n) is 6.80. The van der Waals surface area contributed by atoms with Crippen LogP contribution in [0.1, 0.15) is 36.1 Å². The first-order chi connectivity index (χ1) is 15.0. The Morgan fingerprint density at radius 3 is 1.72 bits per heavy atom. The Balaban J connectivity index is 2.81. The third-order valence-electron chi connectivity index (χ3n) is 4.82. The molecule has 170 valence electrons. The van der Waals surface area contributed by atoms with Crippen LogP contribution in [0.4, 0.5) is 13.2 Å². The predicted molar refractivity (Wildman–Crippen MR) is 111 cm³/mol. The molecule has 0 heterocycles. The van der Waals surface area contributed by atoms with Gasteiger partial charge in [-0.2, -0.15) is 32.1 Å². The molecule has 0 radical (unpaired) electrons. The molecular weight excluding hydrogens is 445 g/mol. The molecule has 0 bridgehead atoms. The summed E-state index contributed by atoms with van der Waals surface area (Å²) < 4.78 is 71.7. The van der Waals surface area contributed by atoms with Gasteiger partial charge in [-0.05, 0) is 70.5 Å². The van der Waals surface area contributed by atoms with Crippen LogP contribution in [0, 0.1) is 22.7 Å². The molecule has 0 atom stereocenters. The standard InChI is InChI=1S/C22H21F3N2O4S/c1-4-14-10-18(11-15(5-2)21(14)31-32(28,29)22(23,24)25)20-16(6-8-26)12-19(30-3)13-17(20)7-9-27/h10-13H,4-7H2,1-3H3. The van der Waals surface area contributed by atoms with Crippen molar-refractivity contribution in [2.24, 2.45) is 0 Å². The van der Waals surface area contributed by atoms with Crippen molar-refractivity contribution in [3.8, 4) is 34.8 Å². The normalized spacial score (nSPS) is 11.5. The van der Waals surface area contributed by atoms with Crippen molar-refractivity contribution < 1.29 is 30.5 Å². The van der Waals surface area contributed by atoms with Crippen molar-refractivity contribution in [3.05, 3.63) is 46.5 Å². The molecule has 0 amide bonds. The molecular formula is C22H21F3N2O4S. The maximum absolute atomic E-state index is 12.9. The number of ether oxygens (including phenoxy) is 1. The van der Waals surface area contributed by atoms with Gasteiger partial charge in [0.1, 0.15) is 11.5 Å². The maximum Gasteiger partial charge on any atom is 0.534 e. The van der Waals surface area contributed by atoms with Crippen LogP contribution in [0.2, 0.25) is 0 Å². The molecule has 0 spiro atoms. The second-order valence-corrected chi connectivity index (χ2v) is 8.34. The Bertz CT molecular complexity index is 1130. The van der Waals surface area contributed by atoms with Gasteiger partial charge in [0.05, 0.1) is 32.1 Å². The first-order valence-corrected chi connectivity index (χ1v) is 11.0. The van der Waals surface area contributed by atoms with E-state index in [1.807, 2.05) is 0 Å². The van der Waals surface area contributed by atoms with E-state index in [9.17, 15) is 32.1 Å². The number of hydrogen-bond acceptors (Lipinski definition) is 6. The fourth-order valence-corrected chi connectivity index (χ4v) is 3.89. The Morgan fingerprint density at radius 1 is 0.906 bits per heavy atom. The predicted octanol–water partition coefficient (Wildman–Crippen LogP) is 4.85. The van der Waals surface area contributed by atoms with Crippen LogP contribution < -0.4 is 8.92 Å². The van der Waals surface area contributed by atoms with Gasteiger partial charge in [-0.1, -0.05) is 13.8 Å². The molecule has 10 heteroatoms. The van der Waals surface area contributed by atoms with Gasteiger partial charge in [0, 0.05) is 0 Å². The molecule has 0 unspecified atom stereocenters. The smallest absolute Gasteiger partial charge is 0.497 e. The summed E-state index contributed by atoms with van der Waals surface area (Å²) in [6.07, 6.45) is 0.408. The average Bonchev–Trinajstić information content (AvgIpc) is 2.73. The number of rotatable bonds is 8. The first kappa shape index (κ1) is 25.0. The minimum Gasteiger partial charge on any atom is -0.497 e. The first-order valence-electron chi connectivity index (χ1n) is 9.63. The van der Waals surface area contributed by atoms with Crippen LogP contribution in [0.15, 0.2) is 24.3 Å². The van der Waals surface area contributed by atoms with Gasteiger partial charge in [-0.3, -0.25) is 0 Å². The lowest BCUT2D eigenvalue weighted by Gasteiger charge is -2.20. The van der Waals surface area contributed by atoms with Crippen molar-refractivity contribution in [3.63, 3.8) is 0 Å². The third-order valence-corrected chi connectivity index (χ3v) is 5.77. The van der Waals surface area contributed by atoms with Crippen LogP contribution in [-0.2, 0) is 35.8 Å². The van der Waals surface area contributed by atoms with Crippen LogP contribution in [0.3, 0.4) is 0 Å². The zero-order chi connectivity index (χ0) is 24.1. The van der Waals surface area contributed by atoms with E-state index in [2.05, 4.69) is 16.3 Å². The minimum atomic E-state index is -5.84. The van der Waals surface area contributed by atoms with E-state index < -0.39 is 15.6 Å². The van der Waals surface area contributed by atoms with Crippen molar-refractivity contribution in [2.75, 3.05) is 7.11 Å². The van der Waals surface area contributed by atoms with E-state index in [0.717, 1.165) is 0 Å². The van der Waals surface area contributed by atoms with Gasteiger partial charge in [0.2, 0.25) is 0 Å². The fourth-order valence-electron chi connectivity index (χ4n) is 3.36. The lowest BCUT2D eigenvalue weighted by Crippen LogP contribution is -2.28. The topological polar surface area (TPSA) is 100 Å². The zero-order valence-corrected chi connectivity index (χ0v) is 18.5. The molecule has 0 N–H and O–H groups in total. The number of halogens is 3. The summed E-state index contributed by atoms with van der Waals surface area (Å²) in [7, 11) is -4.38. The molecule has 0 aliphatic rings. The maximum atomic E-state index is 12.9. The summed E-state index contributed by atoms with van der Waals surface area (Å²) in [6.45, 7) is 3.32. The van der Waals surface area contributed by atoms with Gasteiger partial charge in [0.15, 0.2) is 0 Å². The molecule has 0 aliphatic carbocycles. The van der Waals surface area contributed by atoms with Crippen molar-refractivity contribution >= 4 is 10.1 Å². The molecule has 2 rings (SSSR count). The van der Waals surface area contributed by atoms with Crippen LogP contribution in [0.25, 0.3) is 11.1 Å². The van der Waals surface area contributed by atoms with Crippen molar-refractivity contribution in [1.29, 1.82) is 10.5 Å². The number of alkyl halides is 3. The molecule has 0 aromatic heterocycles. The summed E-state index contributed by atoms with van der Waals surface area (Å²) in [5.41, 5.74) is -2.74. The van der Waals surface area contributed by atoms with Crippen LogP contribution in [0.5, 0.6) is 11.5 Å². The van der Waals surface area contributed by atoms with Gasteiger partial charge < -0.3 is 8.92 Å². The molecule has 2 aromatic rings. The molecule has 0 saturated heterocycles. The van der Waals surface area contributed by atoms with Gasteiger partial charge >= 0.3 is 15.6 Å². The number of methoxy groups -OCH3 is 1. The van der Waals surface area contributed by atoms with Crippen molar-refractivity contribution in [2.45, 2.75) is 45.0 Å². The molecule has 6 nitrogen and oxygen atoms in total. The highest BCUT2D eigenvalue weighted by molar-refractivity contribution is 7.88. The van der Waals surface area contributed by atoms with Crippen LogP contribution >= 0.6 is 0 Å². The Morgan fingerprint density at radius 2 is 1.38 bits per heavy atom. The molecule has 0 saturated carbocycles. The highest BCUT2D eigenvalue weighted by atomic mass is 32.2. The van der Waals surface area contributed by atoms with Gasteiger partial charge in [0.25, 0.3) is 0 Å². The summed E-state index contributed by atoms with van der Waals surface area (Å²) in [4.78, 5) is 0. The fraction of sp³-hybridized carbons (Fsp3) is 0.364. The summed E-state index contributed by atoms with van der Waals surface area (Å²) in [6, 6.07) is 10.5. The molecule has 32 heavy (non-hydrogen) atoms. The molecule has 2 aromatic carbocycles. The summed E-state index contributed by atoms with van der Waals surface area (Å²) >= 11 is 0. The summed E-state index contributed by atoms with van der Waals surface area (Å²) in [5.74, 6) is 0.111. The quantitative estimate of drug-likeness (QED) is 0.407. The Hall–Kier alpha value is -3.24. The highest BCUT2D eigenvalue weighted by Gasteiger charge is 2.49. The average molecular weight is 466 g/mol. The summed E-state index contributed by atoms with van der Waals surface area (Å²) in [5, 5.41) is 18.6. The lowest BCUT2D eigenvalue weighted by atomic mass is 9.88. The number of aryl methyl sites for hydroxylation is 2. The number of benzene rings is 2. The molecule has 0 aliphatic heterocycles. The minimum absolute atomic E-state index is 0.00851. The van der Waals surface area contributed by atoms with Crippen molar-refractivity contribution in [1.82, 2.24) is 0 Å². The Kier molecular flexibility index (Phi) is 7.76. The van der Waals surface area contributed by atoms with E-state index >= 15 is 0 Å². The molecule has 0 fully saturated rings. The number of nitrogens with zero attached hydrogens (tertiary/aromatic N) is 2. The SMILES string of the molecule is CCc1cc(-c2c(CC#N)cc(OC)cc2CC#N)cc(CC)c1OS(=O)(=O)C(F)(F)F. The number of hydrogen-bond donors (Lipinski definition) is 0. The van der Waals surface area contributed by atoms with E-state index in [-0.39, 0.29) is 42.6 Å². The second kappa shape index (κ2) is 9.92. The largest absolute Gasteiger partial charge is 0.534 e. The van der Waals surface area contributed by atoms with E-state index in [0.29, 0.717) is 28.0 Å². The monoisotopic (exact) mass is 466 g/mol. The van der Waals surface area contributed by atoms with Gasteiger partial charge in [-0.25, -0.2) is 0 Å². The number of nitriles is 2. The van der Waals surface area contributed by atoms with E-state index in [1.165, 1.54) is 19.2 Å². The van der Waals surface area contributed by atoms with E-state index in [4.69, 9.17) is 4.74 Å². The van der Waals surface area contributed by atoms with Crippen LogP contribution in [-0.4, -0.2) is 21.0 Å². The van der Waals surface area contributed by atoms with E-state index in [1.54, 1.807) is 26.0 Å². The zero-order valence-electron chi connectivity index (χ0n) is 17.7.